The van der Waals surface area contributed by atoms with Gasteiger partial charge in [-0.2, -0.15) is 0 Å². The van der Waals surface area contributed by atoms with Crippen LogP contribution in [0.25, 0.3) is 10.4 Å². The first-order valence-corrected chi connectivity index (χ1v) is 5.28. The van der Waals surface area contributed by atoms with Crippen molar-refractivity contribution in [1.82, 2.24) is 4.98 Å². The van der Waals surface area contributed by atoms with E-state index in [1.165, 1.54) is 6.07 Å². The summed E-state index contributed by atoms with van der Waals surface area (Å²) in [5.74, 6) is -0.388. The van der Waals surface area contributed by atoms with Crippen LogP contribution in [0.5, 0.6) is 0 Å². The standard InChI is InChI=1S/C10H5ClFNOS/c11-10-13-8(5-14)9(15-10)6-3-1-2-4-7(6)12/h1-5H. The van der Waals surface area contributed by atoms with Crippen molar-refractivity contribution in [2.75, 3.05) is 0 Å². The fourth-order valence-corrected chi connectivity index (χ4v) is 2.33. The number of carbonyl (C=O) groups excluding carboxylic acids is 1. The zero-order valence-corrected chi connectivity index (χ0v) is 8.98. The molecule has 0 amide bonds. The molecule has 2 aromatic rings. The Kier molecular flexibility index (Phi) is 2.79. The molecule has 0 aliphatic rings. The second-order valence-corrected chi connectivity index (χ2v) is 4.36. The van der Waals surface area contributed by atoms with Gasteiger partial charge in [0.2, 0.25) is 0 Å². The van der Waals surface area contributed by atoms with Crippen molar-refractivity contribution in [3.8, 4) is 10.4 Å². The molecule has 76 valence electrons. The van der Waals surface area contributed by atoms with E-state index in [0.29, 0.717) is 16.7 Å². The summed E-state index contributed by atoms with van der Waals surface area (Å²) >= 11 is 6.76. The molecule has 0 saturated heterocycles. The van der Waals surface area contributed by atoms with Crippen molar-refractivity contribution in [2.45, 2.75) is 0 Å². The van der Waals surface area contributed by atoms with Crippen molar-refractivity contribution >= 4 is 29.2 Å². The number of nitrogens with zero attached hydrogens (tertiary/aromatic N) is 1. The van der Waals surface area contributed by atoms with Gasteiger partial charge in [-0.05, 0) is 6.07 Å². The maximum Gasteiger partial charge on any atom is 0.184 e. The number of hydrogen-bond acceptors (Lipinski definition) is 3. The van der Waals surface area contributed by atoms with Gasteiger partial charge in [-0.25, -0.2) is 9.37 Å². The van der Waals surface area contributed by atoms with Crippen molar-refractivity contribution in [2.24, 2.45) is 0 Å². The summed E-state index contributed by atoms with van der Waals surface area (Å²) in [5.41, 5.74) is 0.527. The molecule has 0 bridgehead atoms. The van der Waals surface area contributed by atoms with Crippen molar-refractivity contribution in [1.29, 1.82) is 0 Å². The van der Waals surface area contributed by atoms with Crippen molar-refractivity contribution in [3.63, 3.8) is 0 Å². The molecule has 0 saturated carbocycles. The molecule has 0 fully saturated rings. The van der Waals surface area contributed by atoms with Gasteiger partial charge in [-0.3, -0.25) is 4.79 Å². The van der Waals surface area contributed by atoms with Gasteiger partial charge < -0.3 is 0 Å². The van der Waals surface area contributed by atoms with Crippen LogP contribution in [0.15, 0.2) is 24.3 Å². The predicted molar refractivity (Wildman–Crippen MR) is 57.9 cm³/mol. The minimum atomic E-state index is -0.388. The molecule has 0 aliphatic heterocycles. The number of halogens is 2. The summed E-state index contributed by atoms with van der Waals surface area (Å²) in [5, 5.41) is 0. The first-order valence-electron chi connectivity index (χ1n) is 4.09. The zero-order chi connectivity index (χ0) is 10.8. The highest BCUT2D eigenvalue weighted by atomic mass is 35.5. The number of thiazole rings is 1. The molecule has 0 spiro atoms. The Hall–Kier alpha value is -1.26. The normalized spacial score (nSPS) is 10.3. The van der Waals surface area contributed by atoms with Crippen LogP contribution in [0, 0.1) is 5.82 Å². The number of carbonyl (C=O) groups is 1. The van der Waals surface area contributed by atoms with Gasteiger partial charge in [0.15, 0.2) is 10.8 Å². The van der Waals surface area contributed by atoms with Gasteiger partial charge in [0, 0.05) is 5.56 Å². The Morgan fingerprint density at radius 3 is 2.80 bits per heavy atom. The predicted octanol–water partition coefficient (Wildman–Crippen LogP) is 3.42. The third-order valence-corrected chi connectivity index (χ3v) is 3.07. The number of aldehydes is 1. The number of benzene rings is 1. The summed E-state index contributed by atoms with van der Waals surface area (Å²) < 4.78 is 13.7. The van der Waals surface area contributed by atoms with E-state index in [1.54, 1.807) is 18.2 Å². The number of hydrogen-bond donors (Lipinski definition) is 0. The first-order chi connectivity index (χ1) is 7.22. The Balaban J connectivity index is 2.63. The van der Waals surface area contributed by atoms with Gasteiger partial charge in [-0.1, -0.05) is 29.8 Å². The average Bonchev–Trinajstić information content (AvgIpc) is 2.60. The van der Waals surface area contributed by atoms with E-state index in [1.807, 2.05) is 0 Å². The maximum absolute atomic E-state index is 13.4. The SMILES string of the molecule is O=Cc1nc(Cl)sc1-c1ccccc1F. The molecule has 1 heterocycles. The molecular formula is C10H5ClFNOS. The van der Waals surface area contributed by atoms with Crippen molar-refractivity contribution in [3.05, 3.63) is 40.2 Å². The molecule has 2 nitrogen and oxygen atoms in total. The van der Waals surface area contributed by atoms with Crippen LogP contribution in [0.3, 0.4) is 0 Å². The first kappa shape index (κ1) is 10.3. The lowest BCUT2D eigenvalue weighted by Crippen LogP contribution is -1.86. The lowest BCUT2D eigenvalue weighted by Gasteiger charge is -1.98. The largest absolute Gasteiger partial charge is 0.296 e. The minimum Gasteiger partial charge on any atom is -0.296 e. The van der Waals surface area contributed by atoms with E-state index in [2.05, 4.69) is 4.98 Å². The third-order valence-electron chi connectivity index (χ3n) is 1.86. The minimum absolute atomic E-state index is 0.176. The van der Waals surface area contributed by atoms with Gasteiger partial charge in [0.1, 0.15) is 11.5 Å². The molecule has 2 rings (SSSR count). The second-order valence-electron chi connectivity index (χ2n) is 2.78. The van der Waals surface area contributed by atoms with Gasteiger partial charge in [0.25, 0.3) is 0 Å². The number of rotatable bonds is 2. The highest BCUT2D eigenvalue weighted by molar-refractivity contribution is 7.19. The zero-order valence-electron chi connectivity index (χ0n) is 7.41. The summed E-state index contributed by atoms with van der Waals surface area (Å²) in [4.78, 5) is 15.0. The van der Waals surface area contributed by atoms with Crippen LogP contribution in [0.4, 0.5) is 4.39 Å². The summed E-state index contributed by atoms with van der Waals surface area (Å²) in [7, 11) is 0. The Morgan fingerprint density at radius 1 is 1.40 bits per heavy atom. The molecule has 0 atom stereocenters. The molecule has 0 N–H and O–H groups in total. The number of aromatic nitrogens is 1. The fourth-order valence-electron chi connectivity index (χ4n) is 1.22. The van der Waals surface area contributed by atoms with E-state index < -0.39 is 0 Å². The molecular weight excluding hydrogens is 237 g/mol. The van der Waals surface area contributed by atoms with E-state index in [0.717, 1.165) is 11.3 Å². The Bertz CT molecular complexity index is 512. The smallest absolute Gasteiger partial charge is 0.184 e. The highest BCUT2D eigenvalue weighted by Crippen LogP contribution is 2.33. The second kappa shape index (κ2) is 4.08. The molecule has 0 unspecified atom stereocenters. The van der Waals surface area contributed by atoms with Gasteiger partial charge in [0.05, 0.1) is 4.88 Å². The average molecular weight is 242 g/mol. The molecule has 0 aliphatic carbocycles. The monoisotopic (exact) mass is 241 g/mol. The van der Waals surface area contributed by atoms with Crippen LogP contribution in [0.2, 0.25) is 4.47 Å². The van der Waals surface area contributed by atoms with E-state index in [4.69, 9.17) is 11.6 Å². The maximum atomic E-state index is 13.4. The third kappa shape index (κ3) is 1.91. The fraction of sp³-hybridized carbons (Fsp3) is 0. The van der Waals surface area contributed by atoms with Crippen LogP contribution in [-0.4, -0.2) is 11.3 Å². The van der Waals surface area contributed by atoms with Crippen molar-refractivity contribution < 1.29 is 9.18 Å². The van der Waals surface area contributed by atoms with Crippen LogP contribution in [-0.2, 0) is 0 Å². The highest BCUT2D eigenvalue weighted by Gasteiger charge is 2.14. The van der Waals surface area contributed by atoms with E-state index >= 15 is 0 Å². The van der Waals surface area contributed by atoms with Gasteiger partial charge in [-0.15, -0.1) is 11.3 Å². The molecule has 15 heavy (non-hydrogen) atoms. The molecule has 0 radical (unpaired) electrons. The lowest BCUT2D eigenvalue weighted by atomic mass is 10.1. The van der Waals surface area contributed by atoms with Crippen LogP contribution in [0.1, 0.15) is 10.5 Å². The van der Waals surface area contributed by atoms with Crippen LogP contribution >= 0.6 is 22.9 Å². The Morgan fingerprint density at radius 2 is 2.13 bits per heavy atom. The van der Waals surface area contributed by atoms with E-state index in [-0.39, 0.29) is 16.0 Å². The quantitative estimate of drug-likeness (QED) is 0.754. The lowest BCUT2D eigenvalue weighted by molar-refractivity contribution is 0.112. The van der Waals surface area contributed by atoms with Crippen LogP contribution < -0.4 is 0 Å². The molecule has 1 aromatic heterocycles. The summed E-state index contributed by atoms with van der Waals surface area (Å²) in [6.07, 6.45) is 0.574. The summed E-state index contributed by atoms with van der Waals surface area (Å²) in [6, 6.07) is 6.20. The molecule has 1 aromatic carbocycles. The Labute approximate surface area is 94.3 Å². The van der Waals surface area contributed by atoms with E-state index in [9.17, 15) is 9.18 Å². The van der Waals surface area contributed by atoms with Gasteiger partial charge >= 0.3 is 0 Å². The topological polar surface area (TPSA) is 30.0 Å². The molecule has 5 heteroatoms. The summed E-state index contributed by atoms with van der Waals surface area (Å²) in [6.45, 7) is 0.